The Morgan fingerprint density at radius 2 is 1.08 bits per heavy atom. The lowest BCUT2D eigenvalue weighted by Crippen LogP contribution is -2.19. The molecule has 0 aromatic heterocycles. The summed E-state index contributed by atoms with van der Waals surface area (Å²) < 4.78 is 21.4. The lowest BCUT2D eigenvalue weighted by molar-refractivity contribution is 0.0634. The molecule has 0 N–H and O–H groups in total. The zero-order valence-corrected chi connectivity index (χ0v) is 10.8. The minimum atomic E-state index is -2.01. The van der Waals surface area contributed by atoms with E-state index in [1.807, 2.05) is 41.5 Å². The molecule has 0 spiro atoms. The van der Waals surface area contributed by atoms with Crippen LogP contribution in [0.25, 0.3) is 0 Å². The molecule has 13 heavy (non-hydrogen) atoms. The molecule has 0 saturated carbocycles. The van der Waals surface area contributed by atoms with Crippen LogP contribution in [0.3, 0.4) is 0 Å². The van der Waals surface area contributed by atoms with Crippen LogP contribution in [0.15, 0.2) is 0 Å². The average Bonchev–Trinajstić information content (AvgIpc) is 1.49. The summed E-state index contributed by atoms with van der Waals surface area (Å²) in [7, 11) is -2.01. The summed E-state index contributed by atoms with van der Waals surface area (Å²) in [5.74, 6) is 0. The highest BCUT2D eigenvalue weighted by Crippen LogP contribution is 2.35. The Morgan fingerprint density at radius 3 is 1.23 bits per heavy atom. The van der Waals surface area contributed by atoms with Crippen molar-refractivity contribution in [2.24, 2.45) is 0 Å². The third-order valence-electron chi connectivity index (χ3n) is 0.697. The third kappa shape index (κ3) is 12.3. The molecular formula is C8H19ClO3P+. The Labute approximate surface area is 87.6 Å². The Balaban J connectivity index is 0. The second-order valence-corrected chi connectivity index (χ2v) is 5.44. The maximum atomic E-state index is 11.2. The van der Waals surface area contributed by atoms with Crippen LogP contribution in [-0.2, 0) is 13.6 Å². The summed E-state index contributed by atoms with van der Waals surface area (Å²) in [6.45, 7) is 11.0. The van der Waals surface area contributed by atoms with Crippen LogP contribution in [0.5, 0.6) is 0 Å². The molecule has 0 unspecified atom stereocenters. The van der Waals surface area contributed by atoms with Crippen molar-refractivity contribution in [1.82, 2.24) is 0 Å². The Hall–Kier alpha value is 0.310. The molecule has 5 heteroatoms. The molecule has 0 aliphatic heterocycles. The zero-order valence-electron chi connectivity index (χ0n) is 9.08. The van der Waals surface area contributed by atoms with E-state index in [0.29, 0.717) is 0 Å². The van der Waals surface area contributed by atoms with E-state index < -0.39 is 19.5 Å². The van der Waals surface area contributed by atoms with E-state index in [2.05, 4.69) is 0 Å². The predicted molar refractivity (Wildman–Crippen MR) is 56.5 cm³/mol. The van der Waals surface area contributed by atoms with E-state index in [0.717, 1.165) is 0 Å². The minimum Gasteiger partial charge on any atom is -0.147 e. The fourth-order valence-corrected chi connectivity index (χ4v) is 1.40. The van der Waals surface area contributed by atoms with Crippen LogP contribution in [0.4, 0.5) is 0 Å². The lowest BCUT2D eigenvalue weighted by Gasteiger charge is -2.12. The summed E-state index contributed by atoms with van der Waals surface area (Å²) in [6.07, 6.45) is 0. The van der Waals surface area contributed by atoms with Gasteiger partial charge in [0.2, 0.25) is 0 Å². The van der Waals surface area contributed by atoms with Crippen LogP contribution >= 0.6 is 20.7 Å². The summed E-state index contributed by atoms with van der Waals surface area (Å²) in [5.41, 5.74) is -0.836. The average molecular weight is 230 g/mol. The van der Waals surface area contributed by atoms with Crippen molar-refractivity contribution in [1.29, 1.82) is 0 Å². The second-order valence-electron chi connectivity index (χ2n) is 4.63. The molecule has 0 atom stereocenters. The maximum Gasteiger partial charge on any atom is 0.698 e. The first-order valence-electron chi connectivity index (χ1n) is 3.96. The topological polar surface area (TPSA) is 35.5 Å². The number of hydrogen-bond acceptors (Lipinski definition) is 3. The van der Waals surface area contributed by atoms with E-state index in [4.69, 9.17) is 9.05 Å². The molecule has 0 aromatic carbocycles. The highest BCUT2D eigenvalue weighted by atomic mass is 35.5. The lowest BCUT2D eigenvalue weighted by atomic mass is 10.2. The van der Waals surface area contributed by atoms with E-state index in [-0.39, 0.29) is 12.4 Å². The van der Waals surface area contributed by atoms with Gasteiger partial charge in [0.25, 0.3) is 0 Å². The molecule has 0 fully saturated rings. The molecule has 0 bridgehead atoms. The van der Waals surface area contributed by atoms with Crippen LogP contribution in [-0.4, -0.2) is 11.2 Å². The normalized spacial score (nSPS) is 12.2. The molecular weight excluding hydrogens is 211 g/mol. The summed E-state index contributed by atoms with van der Waals surface area (Å²) in [5, 5.41) is 0. The number of hydrogen-bond donors (Lipinski definition) is 0. The Kier molecular flexibility index (Phi) is 6.37. The van der Waals surface area contributed by atoms with Crippen molar-refractivity contribution in [2.45, 2.75) is 52.7 Å². The van der Waals surface area contributed by atoms with Crippen LogP contribution < -0.4 is 0 Å². The van der Waals surface area contributed by atoms with Crippen molar-refractivity contribution >= 4 is 20.7 Å². The number of rotatable bonds is 2. The van der Waals surface area contributed by atoms with Gasteiger partial charge in [0.15, 0.2) is 0 Å². The molecule has 0 aliphatic rings. The SMILES string of the molecule is CC(C)(C)O[P+](=O)OC(C)(C)C.Cl. The van der Waals surface area contributed by atoms with Gasteiger partial charge in [-0.2, -0.15) is 0 Å². The van der Waals surface area contributed by atoms with Crippen molar-refractivity contribution in [3.63, 3.8) is 0 Å². The first-order chi connectivity index (χ1) is 5.10. The van der Waals surface area contributed by atoms with Crippen molar-refractivity contribution < 1.29 is 13.6 Å². The van der Waals surface area contributed by atoms with Gasteiger partial charge in [-0.25, -0.2) is 0 Å². The van der Waals surface area contributed by atoms with Crippen molar-refractivity contribution in [3.8, 4) is 0 Å². The third-order valence-corrected chi connectivity index (χ3v) is 2.09. The van der Waals surface area contributed by atoms with Gasteiger partial charge in [-0.15, -0.1) is 21.5 Å². The number of halogens is 1. The van der Waals surface area contributed by atoms with Gasteiger partial charge >= 0.3 is 8.25 Å². The highest BCUT2D eigenvalue weighted by Gasteiger charge is 2.34. The molecule has 0 amide bonds. The quantitative estimate of drug-likeness (QED) is 0.678. The molecule has 0 rings (SSSR count). The Bertz CT molecular complexity index is 151. The van der Waals surface area contributed by atoms with Gasteiger partial charge in [-0.1, -0.05) is 0 Å². The fraction of sp³-hybridized carbons (Fsp3) is 1.00. The van der Waals surface area contributed by atoms with Gasteiger partial charge in [0.1, 0.15) is 11.2 Å². The van der Waals surface area contributed by atoms with Gasteiger partial charge in [0, 0.05) is 4.57 Å². The molecule has 0 aliphatic carbocycles. The fourth-order valence-electron chi connectivity index (χ4n) is 0.466. The summed E-state index contributed by atoms with van der Waals surface area (Å²) in [4.78, 5) is 0. The van der Waals surface area contributed by atoms with Gasteiger partial charge in [-0.05, 0) is 41.5 Å². The molecule has 80 valence electrons. The first-order valence-corrected chi connectivity index (χ1v) is 5.05. The Morgan fingerprint density at radius 1 is 0.846 bits per heavy atom. The van der Waals surface area contributed by atoms with E-state index in [1.165, 1.54) is 0 Å². The van der Waals surface area contributed by atoms with Gasteiger partial charge in [0.05, 0.1) is 0 Å². The smallest absolute Gasteiger partial charge is 0.147 e. The van der Waals surface area contributed by atoms with Crippen LogP contribution in [0.2, 0.25) is 0 Å². The van der Waals surface area contributed by atoms with E-state index in [1.54, 1.807) is 0 Å². The van der Waals surface area contributed by atoms with E-state index in [9.17, 15) is 4.57 Å². The van der Waals surface area contributed by atoms with Crippen LogP contribution in [0, 0.1) is 0 Å². The molecule has 0 aromatic rings. The van der Waals surface area contributed by atoms with E-state index >= 15 is 0 Å². The molecule has 0 saturated heterocycles. The molecule has 0 heterocycles. The highest BCUT2D eigenvalue weighted by molar-refractivity contribution is 7.33. The first kappa shape index (κ1) is 15.8. The molecule has 3 nitrogen and oxygen atoms in total. The summed E-state index contributed by atoms with van der Waals surface area (Å²) >= 11 is 0. The van der Waals surface area contributed by atoms with Crippen LogP contribution in [0.1, 0.15) is 41.5 Å². The largest absolute Gasteiger partial charge is 0.698 e. The second kappa shape index (κ2) is 5.26. The van der Waals surface area contributed by atoms with Gasteiger partial charge < -0.3 is 0 Å². The minimum absolute atomic E-state index is 0. The maximum absolute atomic E-state index is 11.2. The van der Waals surface area contributed by atoms with Gasteiger partial charge in [-0.3, -0.25) is 0 Å². The zero-order chi connectivity index (χ0) is 9.99. The molecule has 0 radical (unpaired) electrons. The summed E-state index contributed by atoms with van der Waals surface area (Å²) in [6, 6.07) is 0. The standard InChI is InChI=1S/C8H18O3P.ClH/c1-7(2,3)10-12(9)11-8(4,5)6;/h1-6H3;1H/q+1;. The van der Waals surface area contributed by atoms with Crippen molar-refractivity contribution in [3.05, 3.63) is 0 Å². The monoisotopic (exact) mass is 229 g/mol. The predicted octanol–water partition coefficient (Wildman–Crippen LogP) is 3.70. The van der Waals surface area contributed by atoms with Crippen molar-refractivity contribution in [2.75, 3.05) is 0 Å².